The van der Waals surface area contributed by atoms with Gasteiger partial charge in [0.2, 0.25) is 5.91 Å². The maximum Gasteiger partial charge on any atom is 0.253 e. The van der Waals surface area contributed by atoms with E-state index in [-0.39, 0.29) is 10.1 Å². The quantitative estimate of drug-likeness (QED) is 0.362. The predicted octanol–water partition coefficient (Wildman–Crippen LogP) is 4.96. The molecule has 0 aliphatic carbocycles. The van der Waals surface area contributed by atoms with Crippen LogP contribution in [0.3, 0.4) is 0 Å². The number of piperidine rings is 1. The summed E-state index contributed by atoms with van der Waals surface area (Å²) in [5.74, 6) is -0.238. The largest absolute Gasteiger partial charge is 0.379 e. The molecule has 13 heteroatoms. The number of anilines is 1. The van der Waals surface area contributed by atoms with Crippen LogP contribution in [0, 0.1) is 0 Å². The van der Waals surface area contributed by atoms with Gasteiger partial charge in [-0.15, -0.1) is 11.3 Å². The predicted molar refractivity (Wildman–Crippen MR) is 150 cm³/mol. The van der Waals surface area contributed by atoms with Gasteiger partial charge in [0.25, 0.3) is 10.0 Å². The molecule has 2 aliphatic heterocycles. The van der Waals surface area contributed by atoms with Gasteiger partial charge in [0, 0.05) is 37.7 Å². The first-order valence-electron chi connectivity index (χ1n) is 12.3. The fraction of sp³-hybridized carbons (Fsp3) is 0.500. The van der Waals surface area contributed by atoms with Gasteiger partial charge in [0.15, 0.2) is 5.13 Å². The zero-order chi connectivity index (χ0) is 26.0. The van der Waals surface area contributed by atoms with E-state index in [9.17, 15) is 13.2 Å². The van der Waals surface area contributed by atoms with E-state index in [4.69, 9.17) is 32.9 Å². The van der Waals surface area contributed by atoms with Crippen LogP contribution in [-0.2, 0) is 19.6 Å². The van der Waals surface area contributed by atoms with Crippen LogP contribution < -0.4 is 4.90 Å². The van der Waals surface area contributed by atoms with Crippen LogP contribution in [0.25, 0.3) is 10.2 Å². The summed E-state index contributed by atoms with van der Waals surface area (Å²) in [6, 6.07) is 7.75. The summed E-state index contributed by atoms with van der Waals surface area (Å²) in [5.41, 5.74) is 0.761. The van der Waals surface area contributed by atoms with Crippen molar-refractivity contribution in [3.05, 3.63) is 39.7 Å². The highest BCUT2D eigenvalue weighted by Gasteiger charge is 2.41. The van der Waals surface area contributed by atoms with Gasteiger partial charge < -0.3 is 4.74 Å². The Hall–Kier alpha value is -1.31. The lowest BCUT2D eigenvalue weighted by Gasteiger charge is -2.36. The van der Waals surface area contributed by atoms with Gasteiger partial charge >= 0.3 is 0 Å². The molecule has 1 amide bonds. The van der Waals surface area contributed by atoms with Crippen molar-refractivity contribution in [2.75, 3.05) is 50.8 Å². The second-order valence-electron chi connectivity index (χ2n) is 9.09. The number of thiophene rings is 1. The summed E-state index contributed by atoms with van der Waals surface area (Å²) in [4.78, 5) is 22.9. The molecule has 0 saturated carbocycles. The van der Waals surface area contributed by atoms with Gasteiger partial charge in [-0.05, 0) is 49.6 Å². The average molecular weight is 604 g/mol. The number of thiazole rings is 1. The lowest BCUT2D eigenvalue weighted by molar-refractivity contribution is -0.123. The Labute approximate surface area is 234 Å². The van der Waals surface area contributed by atoms with Crippen LogP contribution >= 0.6 is 45.9 Å². The van der Waals surface area contributed by atoms with E-state index in [0.29, 0.717) is 53.6 Å². The van der Waals surface area contributed by atoms with E-state index in [1.165, 1.54) is 21.7 Å². The number of nitrogens with zero attached hydrogens (tertiary/aromatic N) is 4. The Kier molecular flexibility index (Phi) is 8.72. The van der Waals surface area contributed by atoms with Crippen molar-refractivity contribution in [1.29, 1.82) is 0 Å². The van der Waals surface area contributed by atoms with Crippen LogP contribution in [0.15, 0.2) is 34.5 Å². The summed E-state index contributed by atoms with van der Waals surface area (Å²) in [6.07, 6.45) is 2.69. The Balaban J connectivity index is 1.43. The van der Waals surface area contributed by atoms with Gasteiger partial charge in [-0.3, -0.25) is 14.6 Å². The standard InChI is InChI=1S/C24H28Cl2N4O4S3/c25-17-5-6-18-20(16-17)35-24(27-18)29(10-3-9-28-12-14-34-15-13-28)23(31)19-4-1-2-11-30(19)37(32,33)22-8-7-21(26)36-22/h5-8,16,19H,1-4,9-15H2. The molecule has 5 rings (SSSR count). The maximum atomic E-state index is 14.1. The third-order valence-electron chi connectivity index (χ3n) is 6.65. The van der Waals surface area contributed by atoms with Gasteiger partial charge in [-0.1, -0.05) is 41.0 Å². The van der Waals surface area contributed by atoms with E-state index < -0.39 is 16.1 Å². The zero-order valence-electron chi connectivity index (χ0n) is 20.1. The summed E-state index contributed by atoms with van der Waals surface area (Å²) in [7, 11) is -3.86. The number of amides is 1. The molecule has 2 aliphatic rings. The zero-order valence-corrected chi connectivity index (χ0v) is 24.1. The van der Waals surface area contributed by atoms with Crippen molar-refractivity contribution in [2.45, 2.75) is 35.9 Å². The SMILES string of the molecule is O=C(C1CCCCN1S(=O)(=O)c1ccc(Cl)s1)N(CCCN1CCOCC1)c1nc2ccc(Cl)cc2s1. The van der Waals surface area contributed by atoms with Crippen molar-refractivity contribution in [3.8, 4) is 0 Å². The normalized spacial score (nSPS) is 19.9. The number of ether oxygens (including phenoxy) is 1. The maximum absolute atomic E-state index is 14.1. The van der Waals surface area contributed by atoms with Gasteiger partial charge in [0.05, 0.1) is 27.8 Å². The number of hydrogen-bond acceptors (Lipinski definition) is 8. The number of carbonyl (C=O) groups excluding carboxylic acids is 1. The molecule has 0 spiro atoms. The Morgan fingerprint density at radius 3 is 2.68 bits per heavy atom. The van der Waals surface area contributed by atoms with E-state index in [1.807, 2.05) is 12.1 Å². The number of morpholine rings is 1. The highest BCUT2D eigenvalue weighted by Crippen LogP contribution is 2.35. The number of carbonyl (C=O) groups is 1. The van der Waals surface area contributed by atoms with E-state index >= 15 is 0 Å². The first-order valence-corrected chi connectivity index (χ1v) is 16.1. The minimum Gasteiger partial charge on any atom is -0.379 e. The fourth-order valence-electron chi connectivity index (χ4n) is 4.75. The fourth-order valence-corrected chi connectivity index (χ4v) is 9.29. The van der Waals surface area contributed by atoms with Crippen LogP contribution in [0.4, 0.5) is 5.13 Å². The molecule has 1 unspecified atom stereocenters. The van der Waals surface area contributed by atoms with Gasteiger partial charge in [-0.2, -0.15) is 4.31 Å². The lowest BCUT2D eigenvalue weighted by Crippen LogP contribution is -2.53. The highest BCUT2D eigenvalue weighted by molar-refractivity contribution is 7.91. The monoisotopic (exact) mass is 602 g/mol. The van der Waals surface area contributed by atoms with E-state index in [2.05, 4.69) is 4.90 Å². The molecular weight excluding hydrogens is 575 g/mol. The van der Waals surface area contributed by atoms with E-state index in [1.54, 1.807) is 17.0 Å². The molecule has 37 heavy (non-hydrogen) atoms. The molecule has 1 atom stereocenters. The van der Waals surface area contributed by atoms with Crippen molar-refractivity contribution >= 4 is 77.2 Å². The number of halogens is 2. The number of benzene rings is 1. The first-order chi connectivity index (χ1) is 17.8. The molecule has 4 heterocycles. The van der Waals surface area contributed by atoms with Crippen molar-refractivity contribution < 1.29 is 17.9 Å². The average Bonchev–Trinajstić information content (AvgIpc) is 3.53. The second kappa shape index (κ2) is 11.8. The summed E-state index contributed by atoms with van der Waals surface area (Å²) in [6.45, 7) is 4.72. The topological polar surface area (TPSA) is 83.1 Å². The molecule has 0 bridgehead atoms. The molecule has 1 aromatic carbocycles. The number of rotatable bonds is 8. The molecule has 200 valence electrons. The number of fused-ring (bicyclic) bond motifs is 1. The van der Waals surface area contributed by atoms with Crippen molar-refractivity contribution in [1.82, 2.24) is 14.2 Å². The number of sulfonamides is 1. The number of aromatic nitrogens is 1. The van der Waals surface area contributed by atoms with Crippen molar-refractivity contribution in [3.63, 3.8) is 0 Å². The van der Waals surface area contributed by atoms with Crippen molar-refractivity contribution in [2.24, 2.45) is 0 Å². The summed E-state index contributed by atoms with van der Waals surface area (Å²) in [5, 5.41) is 1.17. The van der Waals surface area contributed by atoms with Crippen LogP contribution in [0.1, 0.15) is 25.7 Å². The third kappa shape index (κ3) is 6.14. The molecule has 8 nitrogen and oxygen atoms in total. The molecule has 3 aromatic rings. The Bertz CT molecular complexity index is 1360. The minimum absolute atomic E-state index is 0.158. The second-order valence-corrected chi connectivity index (χ2v) is 14.4. The summed E-state index contributed by atoms with van der Waals surface area (Å²) >= 11 is 14.6. The Morgan fingerprint density at radius 2 is 1.92 bits per heavy atom. The molecule has 2 saturated heterocycles. The summed E-state index contributed by atoms with van der Waals surface area (Å²) < 4.78 is 35.3. The van der Waals surface area contributed by atoms with E-state index in [0.717, 1.165) is 54.0 Å². The van der Waals surface area contributed by atoms with Gasteiger partial charge in [-0.25, -0.2) is 13.4 Å². The van der Waals surface area contributed by atoms with Crippen LogP contribution in [0.2, 0.25) is 9.36 Å². The minimum atomic E-state index is -3.86. The first kappa shape index (κ1) is 27.3. The third-order valence-corrected chi connectivity index (χ3v) is 11.5. The smallest absolute Gasteiger partial charge is 0.253 e. The number of hydrogen-bond donors (Lipinski definition) is 0. The van der Waals surface area contributed by atoms with Crippen LogP contribution in [-0.4, -0.2) is 80.5 Å². The van der Waals surface area contributed by atoms with Gasteiger partial charge in [0.1, 0.15) is 10.3 Å². The molecular formula is C24H28Cl2N4O4S3. The Morgan fingerprint density at radius 1 is 1.11 bits per heavy atom. The lowest BCUT2D eigenvalue weighted by atomic mass is 10.0. The molecule has 2 aromatic heterocycles. The highest BCUT2D eigenvalue weighted by atomic mass is 35.5. The molecule has 0 N–H and O–H groups in total. The molecule has 2 fully saturated rings. The van der Waals surface area contributed by atoms with Crippen LogP contribution in [0.5, 0.6) is 0 Å². The molecule has 0 radical (unpaired) electrons.